The summed E-state index contributed by atoms with van der Waals surface area (Å²) in [6.45, 7) is 7.83. The van der Waals surface area contributed by atoms with Gasteiger partial charge in [-0.1, -0.05) is 38.5 Å². The number of rotatable bonds is 6. The van der Waals surface area contributed by atoms with E-state index in [9.17, 15) is 0 Å². The smallest absolute Gasteiger partial charge is 0.0414 e. The Morgan fingerprint density at radius 1 is 1.29 bits per heavy atom. The SMILES string of the molecule is CCCC(CNCC)N1CCc2ccccc21. The van der Waals surface area contributed by atoms with Crippen LogP contribution in [0.15, 0.2) is 24.3 Å². The second-order valence-corrected chi connectivity index (χ2v) is 4.82. The van der Waals surface area contributed by atoms with Crippen LogP contribution in [0.2, 0.25) is 0 Å². The topological polar surface area (TPSA) is 15.3 Å². The molecule has 0 bridgehead atoms. The van der Waals surface area contributed by atoms with Crippen LogP contribution < -0.4 is 10.2 Å². The minimum atomic E-state index is 0.656. The Bertz CT molecular complexity index is 349. The summed E-state index contributed by atoms with van der Waals surface area (Å²) in [4.78, 5) is 2.60. The van der Waals surface area contributed by atoms with Crippen molar-refractivity contribution in [2.45, 2.75) is 39.2 Å². The Morgan fingerprint density at radius 3 is 2.88 bits per heavy atom. The van der Waals surface area contributed by atoms with Crippen LogP contribution in [0, 0.1) is 0 Å². The van der Waals surface area contributed by atoms with Gasteiger partial charge in [-0.15, -0.1) is 0 Å². The molecule has 1 unspecified atom stereocenters. The third-order valence-corrected chi connectivity index (χ3v) is 3.62. The largest absolute Gasteiger partial charge is 0.367 e. The third kappa shape index (κ3) is 2.81. The Hall–Kier alpha value is -1.02. The molecule has 0 amide bonds. The van der Waals surface area contributed by atoms with E-state index in [1.165, 1.54) is 37.1 Å². The van der Waals surface area contributed by atoms with Crippen LogP contribution in [0.3, 0.4) is 0 Å². The minimum absolute atomic E-state index is 0.656. The average Bonchev–Trinajstić information content (AvgIpc) is 2.78. The van der Waals surface area contributed by atoms with E-state index in [-0.39, 0.29) is 0 Å². The molecule has 1 atom stereocenters. The van der Waals surface area contributed by atoms with Crippen molar-refractivity contribution in [2.75, 3.05) is 24.5 Å². The van der Waals surface area contributed by atoms with Crippen molar-refractivity contribution in [1.82, 2.24) is 5.32 Å². The van der Waals surface area contributed by atoms with Crippen LogP contribution in [-0.2, 0) is 6.42 Å². The maximum Gasteiger partial charge on any atom is 0.0414 e. The number of nitrogens with one attached hydrogen (secondary N) is 1. The van der Waals surface area contributed by atoms with Gasteiger partial charge >= 0.3 is 0 Å². The van der Waals surface area contributed by atoms with Crippen molar-refractivity contribution in [3.63, 3.8) is 0 Å². The highest BCUT2D eigenvalue weighted by Gasteiger charge is 2.24. The molecule has 94 valence electrons. The molecule has 1 aromatic carbocycles. The summed E-state index contributed by atoms with van der Waals surface area (Å²) >= 11 is 0. The van der Waals surface area contributed by atoms with E-state index < -0.39 is 0 Å². The molecule has 0 spiro atoms. The lowest BCUT2D eigenvalue weighted by Gasteiger charge is -2.30. The first-order valence-electron chi connectivity index (χ1n) is 6.92. The van der Waals surface area contributed by atoms with Crippen LogP contribution in [-0.4, -0.2) is 25.7 Å². The van der Waals surface area contributed by atoms with Gasteiger partial charge in [-0.25, -0.2) is 0 Å². The molecule has 1 heterocycles. The summed E-state index contributed by atoms with van der Waals surface area (Å²) in [6, 6.07) is 9.51. The minimum Gasteiger partial charge on any atom is -0.367 e. The van der Waals surface area contributed by atoms with E-state index in [1.54, 1.807) is 0 Å². The van der Waals surface area contributed by atoms with Gasteiger partial charge in [0, 0.05) is 24.8 Å². The van der Waals surface area contributed by atoms with Crippen molar-refractivity contribution in [3.8, 4) is 0 Å². The Kier molecular flexibility index (Phi) is 4.43. The van der Waals surface area contributed by atoms with E-state index in [4.69, 9.17) is 0 Å². The summed E-state index contributed by atoms with van der Waals surface area (Å²) in [5.74, 6) is 0. The Balaban J connectivity index is 2.09. The fourth-order valence-electron chi connectivity index (χ4n) is 2.76. The molecule has 2 heteroatoms. The lowest BCUT2D eigenvalue weighted by Crippen LogP contribution is -2.41. The van der Waals surface area contributed by atoms with E-state index in [2.05, 4.69) is 48.3 Å². The molecule has 0 aromatic heterocycles. The summed E-state index contributed by atoms with van der Waals surface area (Å²) in [6.07, 6.45) is 3.75. The quantitative estimate of drug-likeness (QED) is 0.811. The molecule has 0 saturated heterocycles. The Morgan fingerprint density at radius 2 is 2.12 bits per heavy atom. The molecular formula is C15H24N2. The zero-order valence-corrected chi connectivity index (χ0v) is 11.1. The van der Waals surface area contributed by atoms with Gasteiger partial charge in [-0.2, -0.15) is 0 Å². The number of anilines is 1. The zero-order chi connectivity index (χ0) is 12.1. The van der Waals surface area contributed by atoms with Crippen LogP contribution in [0.4, 0.5) is 5.69 Å². The molecule has 1 aliphatic rings. The third-order valence-electron chi connectivity index (χ3n) is 3.62. The molecule has 2 rings (SSSR count). The molecule has 0 radical (unpaired) electrons. The highest BCUT2D eigenvalue weighted by atomic mass is 15.2. The molecular weight excluding hydrogens is 208 g/mol. The average molecular weight is 232 g/mol. The van der Waals surface area contributed by atoms with Gasteiger partial charge in [0.15, 0.2) is 0 Å². The van der Waals surface area contributed by atoms with E-state index in [0.29, 0.717) is 6.04 Å². The van der Waals surface area contributed by atoms with Gasteiger partial charge in [-0.3, -0.25) is 0 Å². The van der Waals surface area contributed by atoms with Crippen molar-refractivity contribution in [1.29, 1.82) is 0 Å². The highest BCUT2D eigenvalue weighted by Crippen LogP contribution is 2.30. The van der Waals surface area contributed by atoms with Gasteiger partial charge in [0.05, 0.1) is 0 Å². The fraction of sp³-hybridized carbons (Fsp3) is 0.600. The van der Waals surface area contributed by atoms with Crippen LogP contribution >= 0.6 is 0 Å². The van der Waals surface area contributed by atoms with Crippen molar-refractivity contribution in [2.24, 2.45) is 0 Å². The van der Waals surface area contributed by atoms with Crippen molar-refractivity contribution in [3.05, 3.63) is 29.8 Å². The number of nitrogens with zero attached hydrogens (tertiary/aromatic N) is 1. The first-order valence-corrected chi connectivity index (χ1v) is 6.92. The number of fused-ring (bicyclic) bond motifs is 1. The Labute approximate surface area is 105 Å². The van der Waals surface area contributed by atoms with Gasteiger partial charge in [0.1, 0.15) is 0 Å². The molecule has 17 heavy (non-hydrogen) atoms. The van der Waals surface area contributed by atoms with E-state index >= 15 is 0 Å². The lowest BCUT2D eigenvalue weighted by molar-refractivity contribution is 0.514. The van der Waals surface area contributed by atoms with Crippen LogP contribution in [0.5, 0.6) is 0 Å². The van der Waals surface area contributed by atoms with Crippen LogP contribution in [0.25, 0.3) is 0 Å². The monoisotopic (exact) mass is 232 g/mol. The van der Waals surface area contributed by atoms with Crippen molar-refractivity contribution < 1.29 is 0 Å². The molecule has 0 saturated carbocycles. The second kappa shape index (κ2) is 6.06. The second-order valence-electron chi connectivity index (χ2n) is 4.82. The summed E-state index contributed by atoms with van der Waals surface area (Å²) in [5.41, 5.74) is 2.98. The van der Waals surface area contributed by atoms with E-state index in [1.807, 2.05) is 0 Å². The molecule has 1 N–H and O–H groups in total. The molecule has 0 aliphatic carbocycles. The summed E-state index contributed by atoms with van der Waals surface area (Å²) in [7, 11) is 0. The predicted molar refractivity (Wildman–Crippen MR) is 74.7 cm³/mol. The molecule has 0 fully saturated rings. The fourth-order valence-corrected chi connectivity index (χ4v) is 2.76. The normalized spacial score (nSPS) is 16.0. The number of benzene rings is 1. The molecule has 1 aliphatic heterocycles. The first kappa shape index (κ1) is 12.4. The maximum atomic E-state index is 3.50. The van der Waals surface area contributed by atoms with Gasteiger partial charge in [0.25, 0.3) is 0 Å². The maximum absolute atomic E-state index is 3.50. The molecule has 1 aromatic rings. The lowest BCUT2D eigenvalue weighted by atomic mass is 10.1. The highest BCUT2D eigenvalue weighted by molar-refractivity contribution is 5.58. The number of hydrogen-bond donors (Lipinski definition) is 1. The van der Waals surface area contributed by atoms with Gasteiger partial charge in [0.2, 0.25) is 0 Å². The van der Waals surface area contributed by atoms with Gasteiger partial charge < -0.3 is 10.2 Å². The number of likely N-dealkylation sites (N-methyl/N-ethyl adjacent to an activating group) is 1. The summed E-state index contributed by atoms with van der Waals surface area (Å²) in [5, 5.41) is 3.50. The van der Waals surface area contributed by atoms with Crippen LogP contribution in [0.1, 0.15) is 32.3 Å². The standard InChI is InChI=1S/C15H24N2/c1-3-7-14(12-16-4-2)17-11-10-13-8-5-6-9-15(13)17/h5-6,8-9,14,16H,3-4,7,10-12H2,1-2H3. The number of hydrogen-bond acceptors (Lipinski definition) is 2. The van der Waals surface area contributed by atoms with Gasteiger partial charge in [-0.05, 0) is 31.0 Å². The van der Waals surface area contributed by atoms with E-state index in [0.717, 1.165) is 13.1 Å². The molecule has 2 nitrogen and oxygen atoms in total. The predicted octanol–water partition coefficient (Wildman–Crippen LogP) is 2.83. The number of para-hydroxylation sites is 1. The zero-order valence-electron chi connectivity index (χ0n) is 11.1. The summed E-state index contributed by atoms with van der Waals surface area (Å²) < 4.78 is 0. The van der Waals surface area contributed by atoms with Crippen molar-refractivity contribution >= 4 is 5.69 Å². The first-order chi connectivity index (χ1) is 8.36.